The first-order chi connectivity index (χ1) is 9.06. The van der Waals surface area contributed by atoms with E-state index in [1.54, 1.807) is 13.0 Å². The molecule has 104 valence electrons. The molecular formula is C14H18Cl2N2O. The van der Waals surface area contributed by atoms with Crippen LogP contribution in [0.3, 0.4) is 0 Å². The predicted octanol–water partition coefficient (Wildman–Crippen LogP) is 3.09. The van der Waals surface area contributed by atoms with Gasteiger partial charge in [-0.2, -0.15) is 0 Å². The Morgan fingerprint density at radius 2 is 2.05 bits per heavy atom. The van der Waals surface area contributed by atoms with Gasteiger partial charge in [0.1, 0.15) is 0 Å². The molecular weight excluding hydrogens is 283 g/mol. The van der Waals surface area contributed by atoms with Gasteiger partial charge in [0.15, 0.2) is 0 Å². The molecule has 1 N–H and O–H groups in total. The van der Waals surface area contributed by atoms with Crippen LogP contribution in [0.2, 0.25) is 10.0 Å². The van der Waals surface area contributed by atoms with E-state index in [9.17, 15) is 4.79 Å². The van der Waals surface area contributed by atoms with Crippen LogP contribution < -0.4 is 5.32 Å². The van der Waals surface area contributed by atoms with Crippen molar-refractivity contribution in [2.24, 2.45) is 0 Å². The summed E-state index contributed by atoms with van der Waals surface area (Å²) in [5.74, 6) is 0.163. The van der Waals surface area contributed by atoms with Crippen molar-refractivity contribution in [1.29, 1.82) is 0 Å². The molecule has 3 nitrogen and oxygen atoms in total. The topological polar surface area (TPSA) is 32.3 Å². The summed E-state index contributed by atoms with van der Waals surface area (Å²) >= 11 is 12.1. The minimum Gasteiger partial charge on any atom is -0.343 e. The Labute approximate surface area is 123 Å². The largest absolute Gasteiger partial charge is 0.343 e. The first-order valence-electron chi connectivity index (χ1n) is 6.49. The van der Waals surface area contributed by atoms with Crippen LogP contribution >= 0.6 is 23.2 Å². The van der Waals surface area contributed by atoms with E-state index >= 15 is 0 Å². The zero-order valence-corrected chi connectivity index (χ0v) is 12.5. The zero-order chi connectivity index (χ0) is 13.8. The van der Waals surface area contributed by atoms with Crippen molar-refractivity contribution in [2.75, 3.05) is 13.1 Å². The summed E-state index contributed by atoms with van der Waals surface area (Å²) < 4.78 is 0. The van der Waals surface area contributed by atoms with Gasteiger partial charge in [0.05, 0.1) is 0 Å². The van der Waals surface area contributed by atoms with Gasteiger partial charge in [-0.1, -0.05) is 23.2 Å². The molecule has 0 aliphatic carbocycles. The van der Waals surface area contributed by atoms with Crippen LogP contribution in [-0.2, 0) is 11.3 Å². The molecule has 1 saturated heterocycles. The number of hydrogen-bond acceptors (Lipinski definition) is 2. The molecule has 0 aromatic heterocycles. The molecule has 1 aromatic rings. The summed E-state index contributed by atoms with van der Waals surface area (Å²) in [6.07, 6.45) is 1.97. The predicted molar refractivity (Wildman–Crippen MR) is 78.6 cm³/mol. The number of carbonyl (C=O) groups excluding carboxylic acids is 1. The van der Waals surface area contributed by atoms with Gasteiger partial charge in [0.25, 0.3) is 0 Å². The lowest BCUT2D eigenvalue weighted by Crippen LogP contribution is -2.43. The highest BCUT2D eigenvalue weighted by atomic mass is 35.5. The van der Waals surface area contributed by atoms with E-state index in [0.29, 0.717) is 17.6 Å². The Morgan fingerprint density at radius 1 is 1.37 bits per heavy atom. The van der Waals surface area contributed by atoms with E-state index in [1.165, 1.54) is 0 Å². The molecule has 1 aromatic carbocycles. The molecule has 0 radical (unpaired) electrons. The van der Waals surface area contributed by atoms with Crippen LogP contribution in [0, 0.1) is 0 Å². The van der Waals surface area contributed by atoms with Crippen LogP contribution in [0.5, 0.6) is 0 Å². The van der Waals surface area contributed by atoms with Crippen LogP contribution in [-0.4, -0.2) is 29.9 Å². The molecule has 1 fully saturated rings. The SMILES string of the molecule is CC(=O)N1CCC(NCc2cc(Cl)ccc2Cl)CC1. The number of benzene rings is 1. The van der Waals surface area contributed by atoms with Crippen LogP contribution in [0.4, 0.5) is 0 Å². The highest BCUT2D eigenvalue weighted by Crippen LogP contribution is 2.21. The van der Waals surface area contributed by atoms with Gasteiger partial charge in [0.2, 0.25) is 5.91 Å². The maximum atomic E-state index is 11.2. The number of rotatable bonds is 3. The third kappa shape index (κ3) is 4.10. The maximum absolute atomic E-state index is 11.2. The molecule has 0 atom stereocenters. The van der Waals surface area contributed by atoms with Gasteiger partial charge < -0.3 is 10.2 Å². The normalized spacial score (nSPS) is 16.7. The third-order valence-corrected chi connectivity index (χ3v) is 4.13. The molecule has 2 rings (SSSR count). The average Bonchev–Trinajstić information content (AvgIpc) is 2.40. The van der Waals surface area contributed by atoms with Crippen molar-refractivity contribution in [3.05, 3.63) is 33.8 Å². The van der Waals surface area contributed by atoms with Gasteiger partial charge in [0, 0.05) is 42.6 Å². The number of likely N-dealkylation sites (tertiary alicyclic amines) is 1. The second kappa shape index (κ2) is 6.60. The van der Waals surface area contributed by atoms with Crippen molar-refractivity contribution in [2.45, 2.75) is 32.4 Å². The third-order valence-electron chi connectivity index (χ3n) is 3.53. The minimum absolute atomic E-state index is 0.163. The molecule has 5 heteroatoms. The minimum atomic E-state index is 0.163. The summed E-state index contributed by atoms with van der Waals surface area (Å²) in [7, 11) is 0. The number of amides is 1. The lowest BCUT2D eigenvalue weighted by molar-refractivity contribution is -0.129. The Kier molecular flexibility index (Phi) is 5.08. The fraction of sp³-hybridized carbons (Fsp3) is 0.500. The van der Waals surface area contributed by atoms with Crippen molar-refractivity contribution in [3.63, 3.8) is 0 Å². The fourth-order valence-corrected chi connectivity index (χ4v) is 2.71. The van der Waals surface area contributed by atoms with E-state index in [-0.39, 0.29) is 5.91 Å². The van der Waals surface area contributed by atoms with Crippen LogP contribution in [0.15, 0.2) is 18.2 Å². The van der Waals surface area contributed by atoms with Crippen molar-refractivity contribution in [1.82, 2.24) is 10.2 Å². The summed E-state index contributed by atoms with van der Waals surface area (Å²) in [4.78, 5) is 13.1. The lowest BCUT2D eigenvalue weighted by atomic mass is 10.0. The number of halogens is 2. The zero-order valence-electron chi connectivity index (χ0n) is 11.0. The fourth-order valence-electron chi connectivity index (χ4n) is 2.33. The number of carbonyl (C=O) groups is 1. The van der Waals surface area contributed by atoms with Gasteiger partial charge in [-0.25, -0.2) is 0 Å². The monoisotopic (exact) mass is 300 g/mol. The average molecular weight is 301 g/mol. The number of nitrogens with one attached hydrogen (secondary N) is 1. The molecule has 1 amide bonds. The lowest BCUT2D eigenvalue weighted by Gasteiger charge is -2.31. The first kappa shape index (κ1) is 14.6. The molecule has 1 aliphatic rings. The van der Waals surface area contributed by atoms with Gasteiger partial charge in [-0.3, -0.25) is 4.79 Å². The van der Waals surface area contributed by atoms with Crippen molar-refractivity contribution < 1.29 is 4.79 Å². The molecule has 0 spiro atoms. The number of nitrogens with zero attached hydrogens (tertiary/aromatic N) is 1. The maximum Gasteiger partial charge on any atom is 0.219 e. The smallest absolute Gasteiger partial charge is 0.219 e. The highest BCUT2D eigenvalue weighted by Gasteiger charge is 2.20. The van der Waals surface area contributed by atoms with Crippen LogP contribution in [0.1, 0.15) is 25.3 Å². The highest BCUT2D eigenvalue weighted by molar-refractivity contribution is 6.33. The van der Waals surface area contributed by atoms with E-state index in [1.807, 2.05) is 17.0 Å². The van der Waals surface area contributed by atoms with Crippen molar-refractivity contribution in [3.8, 4) is 0 Å². The summed E-state index contributed by atoms with van der Waals surface area (Å²) in [6.45, 7) is 4.00. The van der Waals surface area contributed by atoms with Crippen LogP contribution in [0.25, 0.3) is 0 Å². The molecule has 0 saturated carbocycles. The quantitative estimate of drug-likeness (QED) is 0.930. The standard InChI is InChI=1S/C14H18Cl2N2O/c1-10(19)18-6-4-13(5-7-18)17-9-11-8-12(15)2-3-14(11)16/h2-3,8,13,17H,4-7,9H2,1H3. The Morgan fingerprint density at radius 3 is 2.68 bits per heavy atom. The summed E-state index contributed by atoms with van der Waals surface area (Å²) in [5.41, 5.74) is 1.02. The number of hydrogen-bond donors (Lipinski definition) is 1. The Bertz CT molecular complexity index is 457. The second-order valence-electron chi connectivity index (χ2n) is 4.90. The number of piperidine rings is 1. The molecule has 0 unspecified atom stereocenters. The summed E-state index contributed by atoms with van der Waals surface area (Å²) in [6, 6.07) is 5.94. The van der Waals surface area contributed by atoms with E-state index in [4.69, 9.17) is 23.2 Å². The van der Waals surface area contributed by atoms with Gasteiger partial charge in [-0.05, 0) is 36.6 Å². The van der Waals surface area contributed by atoms with E-state index in [0.717, 1.165) is 36.5 Å². The van der Waals surface area contributed by atoms with Gasteiger partial charge >= 0.3 is 0 Å². The van der Waals surface area contributed by atoms with E-state index < -0.39 is 0 Å². The first-order valence-corrected chi connectivity index (χ1v) is 7.24. The Hall–Kier alpha value is -0.770. The summed E-state index contributed by atoms with van der Waals surface area (Å²) in [5, 5.41) is 4.92. The van der Waals surface area contributed by atoms with Gasteiger partial charge in [-0.15, -0.1) is 0 Å². The Balaban J connectivity index is 1.83. The second-order valence-corrected chi connectivity index (χ2v) is 5.74. The van der Waals surface area contributed by atoms with Crippen molar-refractivity contribution >= 4 is 29.1 Å². The van der Waals surface area contributed by atoms with E-state index in [2.05, 4.69) is 5.32 Å². The molecule has 19 heavy (non-hydrogen) atoms. The molecule has 0 bridgehead atoms. The molecule has 1 heterocycles. The molecule has 1 aliphatic heterocycles.